The maximum Gasteiger partial charge on any atom is 0.236 e. The molecule has 1 aromatic carbocycles. The van der Waals surface area contributed by atoms with Crippen molar-refractivity contribution in [3.05, 3.63) is 52.5 Å². The zero-order chi connectivity index (χ0) is 13.4. The van der Waals surface area contributed by atoms with E-state index in [0.29, 0.717) is 0 Å². The lowest BCUT2D eigenvalue weighted by Crippen LogP contribution is -2.11. The molecular weight excluding hydrogens is 263 g/mol. The fraction of sp³-hybridized carbons (Fsp3) is 0.143. The molecule has 0 atom stereocenters. The number of carbonyl (C=O) groups excluding carboxylic acids is 1. The largest absolute Gasteiger partial charge is 0.293 e. The number of aromatic nitrogens is 2. The van der Waals surface area contributed by atoms with Crippen LogP contribution in [-0.4, -0.2) is 15.5 Å². The van der Waals surface area contributed by atoms with E-state index in [4.69, 9.17) is 0 Å². The first-order valence-corrected chi connectivity index (χ1v) is 6.71. The van der Waals surface area contributed by atoms with Crippen LogP contribution in [0.3, 0.4) is 0 Å². The number of hydrogen-bond donors (Lipinski definition) is 0. The van der Waals surface area contributed by atoms with Crippen molar-refractivity contribution in [1.82, 2.24) is 9.55 Å². The number of thiazole rings is 1. The molecule has 0 N–H and O–H groups in total. The molecule has 96 valence electrons. The van der Waals surface area contributed by atoms with E-state index in [0.717, 1.165) is 21.5 Å². The second-order valence-corrected chi connectivity index (χ2v) is 5.43. The van der Waals surface area contributed by atoms with Crippen molar-refractivity contribution in [2.45, 2.75) is 13.3 Å². The highest BCUT2D eigenvalue weighted by molar-refractivity contribution is 7.09. The molecule has 0 bridgehead atoms. The van der Waals surface area contributed by atoms with Gasteiger partial charge in [-0.1, -0.05) is 0 Å². The van der Waals surface area contributed by atoms with Crippen LogP contribution < -0.4 is 0 Å². The van der Waals surface area contributed by atoms with E-state index in [1.807, 2.05) is 12.3 Å². The molecule has 3 rings (SSSR count). The van der Waals surface area contributed by atoms with Gasteiger partial charge >= 0.3 is 0 Å². The smallest absolute Gasteiger partial charge is 0.236 e. The predicted octanol–water partition coefficient (Wildman–Crippen LogP) is 3.43. The van der Waals surface area contributed by atoms with Crippen LogP contribution in [0.25, 0.3) is 10.8 Å². The first kappa shape index (κ1) is 12.0. The minimum Gasteiger partial charge on any atom is -0.293 e. The third-order valence-electron chi connectivity index (χ3n) is 2.89. The molecule has 0 unspecified atom stereocenters. The standard InChI is InChI=1S/C14H11FN2OS/c1-9-16-13(8-19-9)5-14(18)17-6-10-2-3-12(15)4-11(10)7-17/h2-4,6-8H,5H2,1H3. The van der Waals surface area contributed by atoms with Crippen LogP contribution in [-0.2, 0) is 6.42 Å². The molecule has 5 heteroatoms. The highest BCUT2D eigenvalue weighted by Gasteiger charge is 2.10. The Morgan fingerprint density at radius 1 is 1.37 bits per heavy atom. The van der Waals surface area contributed by atoms with E-state index in [-0.39, 0.29) is 18.1 Å². The molecule has 3 aromatic rings. The summed E-state index contributed by atoms with van der Waals surface area (Å²) < 4.78 is 14.6. The minimum atomic E-state index is -0.298. The molecule has 0 aliphatic carbocycles. The summed E-state index contributed by atoms with van der Waals surface area (Å²) in [5.74, 6) is -0.366. The Morgan fingerprint density at radius 2 is 2.16 bits per heavy atom. The van der Waals surface area contributed by atoms with Crippen molar-refractivity contribution in [3.63, 3.8) is 0 Å². The van der Waals surface area contributed by atoms with Crippen LogP contribution in [0, 0.1) is 12.7 Å². The number of carbonyl (C=O) groups is 1. The fourth-order valence-corrected chi connectivity index (χ4v) is 2.60. The molecule has 0 amide bonds. The molecule has 0 aliphatic heterocycles. The Morgan fingerprint density at radius 3 is 2.89 bits per heavy atom. The Kier molecular flexibility index (Phi) is 2.91. The van der Waals surface area contributed by atoms with E-state index in [1.54, 1.807) is 18.5 Å². The summed E-state index contributed by atoms with van der Waals surface area (Å²) in [7, 11) is 0. The third-order valence-corrected chi connectivity index (χ3v) is 3.71. The maximum absolute atomic E-state index is 13.1. The average Bonchev–Trinajstić information content (AvgIpc) is 2.95. The number of halogens is 1. The number of rotatable bonds is 2. The van der Waals surface area contributed by atoms with Gasteiger partial charge in [-0.3, -0.25) is 9.36 Å². The quantitative estimate of drug-likeness (QED) is 0.717. The topological polar surface area (TPSA) is 34.9 Å². The summed E-state index contributed by atoms with van der Waals surface area (Å²) in [5, 5.41) is 4.41. The zero-order valence-electron chi connectivity index (χ0n) is 10.3. The molecule has 0 fully saturated rings. The van der Waals surface area contributed by atoms with Crippen molar-refractivity contribution in [3.8, 4) is 0 Å². The molecule has 2 heterocycles. The van der Waals surface area contributed by atoms with Crippen LogP contribution in [0.4, 0.5) is 4.39 Å². The molecular formula is C14H11FN2OS. The van der Waals surface area contributed by atoms with Gasteiger partial charge in [0, 0.05) is 28.5 Å². The Hall–Kier alpha value is -2.01. The van der Waals surface area contributed by atoms with Gasteiger partial charge in [0.25, 0.3) is 0 Å². The number of benzene rings is 1. The van der Waals surface area contributed by atoms with E-state index in [9.17, 15) is 9.18 Å². The van der Waals surface area contributed by atoms with Crippen molar-refractivity contribution in [1.29, 1.82) is 0 Å². The van der Waals surface area contributed by atoms with Crippen LogP contribution >= 0.6 is 11.3 Å². The van der Waals surface area contributed by atoms with Gasteiger partial charge in [0.2, 0.25) is 5.91 Å². The normalized spacial score (nSPS) is 11.1. The summed E-state index contributed by atoms with van der Waals surface area (Å²) in [6, 6.07) is 4.48. The van der Waals surface area contributed by atoms with E-state index < -0.39 is 0 Å². The van der Waals surface area contributed by atoms with Gasteiger partial charge in [-0.2, -0.15) is 0 Å². The summed E-state index contributed by atoms with van der Waals surface area (Å²) in [6.07, 6.45) is 3.63. The summed E-state index contributed by atoms with van der Waals surface area (Å²) in [4.78, 5) is 16.4. The van der Waals surface area contributed by atoms with Crippen molar-refractivity contribution in [2.75, 3.05) is 0 Å². The number of aryl methyl sites for hydroxylation is 1. The zero-order valence-corrected chi connectivity index (χ0v) is 11.1. The maximum atomic E-state index is 13.1. The average molecular weight is 274 g/mol. The molecule has 0 aliphatic rings. The van der Waals surface area contributed by atoms with Gasteiger partial charge in [-0.15, -0.1) is 11.3 Å². The molecule has 0 saturated carbocycles. The van der Waals surface area contributed by atoms with Gasteiger partial charge < -0.3 is 0 Å². The van der Waals surface area contributed by atoms with Crippen molar-refractivity contribution < 1.29 is 9.18 Å². The molecule has 2 aromatic heterocycles. The van der Waals surface area contributed by atoms with Gasteiger partial charge in [0.15, 0.2) is 0 Å². The van der Waals surface area contributed by atoms with E-state index in [2.05, 4.69) is 4.98 Å². The Balaban J connectivity index is 1.89. The SMILES string of the molecule is Cc1nc(CC(=O)n2cc3ccc(F)cc3c2)cs1. The predicted molar refractivity (Wildman–Crippen MR) is 73.1 cm³/mol. The van der Waals surface area contributed by atoms with Crippen LogP contribution in [0.1, 0.15) is 15.5 Å². The lowest BCUT2D eigenvalue weighted by Gasteiger charge is -1.98. The van der Waals surface area contributed by atoms with Gasteiger partial charge in [-0.05, 0) is 25.1 Å². The number of hydrogen-bond acceptors (Lipinski definition) is 3. The third kappa shape index (κ3) is 2.42. The minimum absolute atomic E-state index is 0.0677. The highest BCUT2D eigenvalue weighted by atomic mass is 32.1. The monoisotopic (exact) mass is 274 g/mol. The van der Waals surface area contributed by atoms with Crippen molar-refractivity contribution in [2.24, 2.45) is 0 Å². The van der Waals surface area contributed by atoms with Gasteiger partial charge in [-0.25, -0.2) is 9.37 Å². The fourth-order valence-electron chi connectivity index (χ4n) is 1.99. The summed E-state index contributed by atoms with van der Waals surface area (Å²) in [5.41, 5.74) is 0.774. The Labute approximate surface area is 113 Å². The summed E-state index contributed by atoms with van der Waals surface area (Å²) in [6.45, 7) is 1.91. The highest BCUT2D eigenvalue weighted by Crippen LogP contribution is 2.17. The summed E-state index contributed by atoms with van der Waals surface area (Å²) >= 11 is 1.53. The number of fused-ring (bicyclic) bond motifs is 1. The van der Waals surface area contributed by atoms with E-state index in [1.165, 1.54) is 28.0 Å². The van der Waals surface area contributed by atoms with Crippen molar-refractivity contribution >= 4 is 28.0 Å². The molecule has 0 saturated heterocycles. The Bertz CT molecular complexity index is 760. The molecule has 0 spiro atoms. The van der Waals surface area contributed by atoms with Crippen LogP contribution in [0.15, 0.2) is 36.0 Å². The second-order valence-electron chi connectivity index (χ2n) is 4.37. The number of nitrogens with zero attached hydrogens (tertiary/aromatic N) is 2. The van der Waals surface area contributed by atoms with E-state index >= 15 is 0 Å². The second kappa shape index (κ2) is 4.59. The lowest BCUT2D eigenvalue weighted by molar-refractivity contribution is 0.0914. The van der Waals surface area contributed by atoms with Gasteiger partial charge in [0.05, 0.1) is 17.1 Å². The molecule has 3 nitrogen and oxygen atoms in total. The first-order valence-electron chi connectivity index (χ1n) is 5.83. The van der Waals surface area contributed by atoms with Crippen LogP contribution in [0.2, 0.25) is 0 Å². The van der Waals surface area contributed by atoms with Crippen LogP contribution in [0.5, 0.6) is 0 Å². The lowest BCUT2D eigenvalue weighted by atomic mass is 10.2. The molecule has 19 heavy (non-hydrogen) atoms. The van der Waals surface area contributed by atoms with Gasteiger partial charge in [0.1, 0.15) is 5.82 Å². The first-order chi connectivity index (χ1) is 9.11. The molecule has 0 radical (unpaired) electrons.